The Labute approximate surface area is 243 Å². The van der Waals surface area contributed by atoms with Crippen LogP contribution in [0.3, 0.4) is 0 Å². The van der Waals surface area contributed by atoms with E-state index < -0.39 is 0 Å². The normalized spacial score (nSPS) is 15.1. The molecule has 38 heavy (non-hydrogen) atoms. The second-order valence-electron chi connectivity index (χ2n) is 8.19. The Morgan fingerprint density at radius 1 is 1.08 bits per heavy atom. The average molecular weight is 682 g/mol. The van der Waals surface area contributed by atoms with Crippen molar-refractivity contribution in [1.29, 1.82) is 0 Å². The van der Waals surface area contributed by atoms with Crippen LogP contribution in [0.2, 0.25) is 0 Å². The summed E-state index contributed by atoms with van der Waals surface area (Å²) in [6.45, 7) is 7.75. The molecule has 0 radical (unpaired) electrons. The summed E-state index contributed by atoms with van der Waals surface area (Å²) in [7, 11) is 0. The summed E-state index contributed by atoms with van der Waals surface area (Å²) in [5.41, 5.74) is 1.98. The number of rotatable bonds is 6. The van der Waals surface area contributed by atoms with Crippen molar-refractivity contribution < 1.29 is 28.6 Å². The van der Waals surface area contributed by atoms with Gasteiger partial charge in [0.15, 0.2) is 0 Å². The van der Waals surface area contributed by atoms with Crippen LogP contribution < -0.4 is 0 Å². The minimum atomic E-state index is -0.389. The van der Waals surface area contributed by atoms with Gasteiger partial charge >= 0.3 is 20.1 Å². The molecule has 0 unspecified atom stereocenters. The Hall–Kier alpha value is -3.66. The molecule has 5 heteroatoms. The van der Waals surface area contributed by atoms with Crippen molar-refractivity contribution in [3.63, 3.8) is 0 Å². The van der Waals surface area contributed by atoms with Gasteiger partial charge in [0, 0.05) is 36.8 Å². The molecule has 0 atom stereocenters. The number of fused-ring (bicyclic) bond motifs is 3. The van der Waals surface area contributed by atoms with E-state index in [1.165, 1.54) is 19.3 Å². The standard InChI is InChI=1S/C22H20N2O.C6H7.C5H5N.Ir/c1-2-3-12-19(23)18-11-7-10-16-17-13-14-24-20(22(17)25-21(16)18)15-8-5-4-6-9-15;1-3-5-6-4-2;1-2-4-6-5-3-1;/h2-3,7,10,12-15H,1,4-6,8-9H2;3-5H,1-2H2;1-5H;/q-2;-1;;+3/b12-3-;;;/i1D,3D,12D;;;/b2-1?,12-3-;;;. The third kappa shape index (κ3) is 8.44. The average Bonchev–Trinajstić information content (AvgIpc) is 3.40. The molecule has 4 aromatic rings. The van der Waals surface area contributed by atoms with Gasteiger partial charge in [0.05, 0.1) is 8.44 Å². The van der Waals surface area contributed by atoms with Crippen LogP contribution in [-0.2, 0) is 20.1 Å². The number of nitrogens with zero attached hydrogens (tertiary/aromatic N) is 3. The molecule has 1 aromatic carbocycles. The molecule has 194 valence electrons. The third-order valence-electron chi connectivity index (χ3n) is 5.78. The predicted octanol–water partition coefficient (Wildman–Crippen LogP) is 8.73. The zero-order chi connectivity index (χ0) is 28.7. The molecule has 3 aromatic heterocycles. The minimum absolute atomic E-state index is 0. The van der Waals surface area contributed by atoms with Gasteiger partial charge in [0.25, 0.3) is 0 Å². The quantitative estimate of drug-likeness (QED) is 0.116. The first kappa shape index (κ1) is 26.0. The molecule has 0 amide bonds. The Balaban J connectivity index is 0.000000378. The minimum Gasteiger partial charge on any atom is -0.855 e. The summed E-state index contributed by atoms with van der Waals surface area (Å²) >= 11 is 0. The molecule has 5 rings (SSSR count). The van der Waals surface area contributed by atoms with Crippen LogP contribution in [0, 0.1) is 12.1 Å². The zero-order valence-electron chi connectivity index (χ0n) is 24.2. The topological polar surface area (TPSA) is 61.2 Å². The predicted molar refractivity (Wildman–Crippen MR) is 155 cm³/mol. The van der Waals surface area contributed by atoms with E-state index in [-0.39, 0.29) is 43.5 Å². The van der Waals surface area contributed by atoms with Crippen LogP contribution in [0.4, 0.5) is 0 Å². The van der Waals surface area contributed by atoms with Crippen molar-refractivity contribution in [2.24, 2.45) is 0 Å². The van der Waals surface area contributed by atoms with Gasteiger partial charge in [-0.2, -0.15) is 37.5 Å². The van der Waals surface area contributed by atoms with E-state index in [2.05, 4.69) is 35.3 Å². The summed E-state index contributed by atoms with van der Waals surface area (Å²) in [6.07, 6.45) is 19.9. The van der Waals surface area contributed by atoms with E-state index in [0.717, 1.165) is 47.5 Å². The molecule has 0 bridgehead atoms. The number of hydrogen-bond acceptors (Lipinski definition) is 3. The van der Waals surface area contributed by atoms with Gasteiger partial charge in [-0.3, -0.25) is 9.97 Å². The van der Waals surface area contributed by atoms with Gasteiger partial charge in [0.2, 0.25) is 0 Å². The van der Waals surface area contributed by atoms with E-state index in [9.17, 15) is 5.41 Å². The van der Waals surface area contributed by atoms with Crippen molar-refractivity contribution in [3.8, 4) is 0 Å². The third-order valence-corrected chi connectivity index (χ3v) is 5.78. The molecule has 1 fully saturated rings. The van der Waals surface area contributed by atoms with Crippen molar-refractivity contribution >= 4 is 27.7 Å². The van der Waals surface area contributed by atoms with E-state index in [1.54, 1.807) is 42.9 Å². The molecule has 4 nitrogen and oxygen atoms in total. The van der Waals surface area contributed by atoms with Crippen molar-refractivity contribution in [2.75, 3.05) is 0 Å². The fraction of sp³-hybridized carbons (Fsp3) is 0.182. The van der Waals surface area contributed by atoms with E-state index >= 15 is 0 Å². The number of allylic oxidation sites excluding steroid dienone is 7. The van der Waals surface area contributed by atoms with E-state index in [1.807, 2.05) is 30.3 Å². The van der Waals surface area contributed by atoms with Crippen LogP contribution in [0.15, 0.2) is 116 Å². The van der Waals surface area contributed by atoms with Crippen LogP contribution in [0.25, 0.3) is 27.3 Å². The van der Waals surface area contributed by atoms with Crippen molar-refractivity contribution in [3.05, 3.63) is 140 Å². The molecule has 0 saturated heterocycles. The summed E-state index contributed by atoms with van der Waals surface area (Å²) in [6, 6.07) is 13.5. The SMILES string of the molecule is C=C[C-]=CC=C.[2H]C=C/C([2H])=C(/[2H])C(=[N-])c1[c-]ccc2c1oc1c(C3CCCCC3)nccc12.[Ir+3].c1ccncc1. The van der Waals surface area contributed by atoms with Gasteiger partial charge < -0.3 is 9.83 Å². The molecule has 0 aliphatic heterocycles. The first-order chi connectivity index (χ1) is 19.5. The van der Waals surface area contributed by atoms with Gasteiger partial charge in [-0.05, 0) is 31.0 Å². The maximum Gasteiger partial charge on any atom is 3.00 e. The first-order valence-corrected chi connectivity index (χ1v) is 12.2. The summed E-state index contributed by atoms with van der Waals surface area (Å²) in [5.74, 6) is 0.372. The Morgan fingerprint density at radius 2 is 1.84 bits per heavy atom. The van der Waals surface area contributed by atoms with E-state index in [4.69, 9.17) is 8.53 Å². The van der Waals surface area contributed by atoms with Crippen LogP contribution in [0.5, 0.6) is 0 Å². The zero-order valence-corrected chi connectivity index (χ0v) is 23.6. The molecule has 1 aliphatic rings. The summed E-state index contributed by atoms with van der Waals surface area (Å²) in [5, 5.41) is 12.3. The Morgan fingerprint density at radius 3 is 2.45 bits per heavy atom. The van der Waals surface area contributed by atoms with Gasteiger partial charge in [-0.1, -0.05) is 49.4 Å². The summed E-state index contributed by atoms with van der Waals surface area (Å²) in [4.78, 5) is 8.39. The second kappa shape index (κ2) is 17.0. The van der Waals surface area contributed by atoms with E-state index in [0.29, 0.717) is 11.5 Å². The molecular weight excluding hydrogens is 647 g/mol. The second-order valence-corrected chi connectivity index (χ2v) is 8.19. The van der Waals surface area contributed by atoms with Crippen LogP contribution >= 0.6 is 0 Å². The number of furan rings is 1. The molecule has 1 saturated carbocycles. The molecule has 0 spiro atoms. The maximum absolute atomic E-state index is 10.6. The Bertz CT molecular complexity index is 1480. The van der Waals surface area contributed by atoms with Gasteiger partial charge in [-0.25, -0.2) is 5.71 Å². The fourth-order valence-electron chi connectivity index (χ4n) is 4.15. The fourth-order valence-corrected chi connectivity index (χ4v) is 4.15. The number of aromatic nitrogens is 2. The largest absolute Gasteiger partial charge is 3.00 e. The first-order valence-electron chi connectivity index (χ1n) is 13.8. The Kier molecular flexibility index (Phi) is 11.6. The molecule has 0 N–H and O–H groups in total. The van der Waals surface area contributed by atoms with Gasteiger partial charge in [0.1, 0.15) is 5.58 Å². The monoisotopic (exact) mass is 682 g/mol. The van der Waals surface area contributed by atoms with Crippen molar-refractivity contribution in [2.45, 2.75) is 38.0 Å². The molecule has 1 aliphatic carbocycles. The summed E-state index contributed by atoms with van der Waals surface area (Å²) < 4.78 is 29.1. The number of benzene rings is 1. The van der Waals surface area contributed by atoms with Gasteiger partial charge in [-0.15, -0.1) is 29.8 Å². The van der Waals surface area contributed by atoms with Crippen LogP contribution in [-0.4, -0.2) is 15.7 Å². The van der Waals surface area contributed by atoms with Crippen LogP contribution in [0.1, 0.15) is 53.4 Å². The molecular formula is C33H32IrN3O. The number of pyridine rings is 2. The van der Waals surface area contributed by atoms with Crippen molar-refractivity contribution in [1.82, 2.24) is 9.97 Å². The molecule has 3 heterocycles. The maximum atomic E-state index is 10.6. The number of hydrogen-bond donors (Lipinski definition) is 0. The smallest absolute Gasteiger partial charge is 0.855 e.